The van der Waals surface area contributed by atoms with Gasteiger partial charge in [0.15, 0.2) is 0 Å². The fraction of sp³-hybridized carbons (Fsp3) is 0.409. The summed E-state index contributed by atoms with van der Waals surface area (Å²) < 4.78 is 39.2. The van der Waals surface area contributed by atoms with Gasteiger partial charge in [0.05, 0.1) is 29.6 Å². The maximum Gasteiger partial charge on any atom is 0.242 e. The molecule has 0 unspecified atom stereocenters. The summed E-state index contributed by atoms with van der Waals surface area (Å²) in [4.78, 5) is 7.11. The number of benzene rings is 2. The Morgan fingerprint density at radius 3 is 2.32 bits per heavy atom. The predicted octanol–water partition coefficient (Wildman–Crippen LogP) is 2.83. The Morgan fingerprint density at radius 2 is 1.71 bits per heavy atom. The second-order valence-electron chi connectivity index (χ2n) is 7.47. The van der Waals surface area contributed by atoms with Gasteiger partial charge in [0.25, 0.3) is 0 Å². The van der Waals surface area contributed by atoms with E-state index in [2.05, 4.69) is 16.4 Å². The largest absolute Gasteiger partial charge is 0.497 e. The first-order chi connectivity index (χ1) is 14.8. The van der Waals surface area contributed by atoms with Crippen LogP contribution >= 0.6 is 0 Å². The molecule has 168 valence electrons. The van der Waals surface area contributed by atoms with Gasteiger partial charge in [0.1, 0.15) is 23.9 Å². The maximum absolute atomic E-state index is 12.4. The number of hydrogen-bond acceptors (Lipinski definition) is 6. The molecule has 1 heterocycles. The summed E-state index contributed by atoms with van der Waals surface area (Å²) in [6, 6.07) is 12.6. The number of ether oxygens (including phenoxy) is 2. The van der Waals surface area contributed by atoms with Gasteiger partial charge in [0, 0.05) is 27.2 Å². The molecule has 0 aliphatic rings. The number of hydrogen-bond donors (Lipinski definition) is 0. The third-order valence-electron chi connectivity index (χ3n) is 5.11. The van der Waals surface area contributed by atoms with Crippen LogP contribution in [-0.2, 0) is 23.1 Å². The standard InChI is InChI=1S/C22H30N4O4S/c1-6-26-21-12-11-19(31(27,28)24(2)3)15-20(21)23-22(26)16-25(4)13-14-30-18-9-7-17(29-5)8-10-18/h7-12,15H,6,13-14,16H2,1-5H3. The van der Waals surface area contributed by atoms with Crippen molar-refractivity contribution >= 4 is 21.1 Å². The van der Waals surface area contributed by atoms with E-state index in [0.717, 1.165) is 35.9 Å². The van der Waals surface area contributed by atoms with Crippen molar-refractivity contribution in [3.63, 3.8) is 0 Å². The van der Waals surface area contributed by atoms with Crippen LogP contribution in [0.3, 0.4) is 0 Å². The molecule has 0 aliphatic heterocycles. The SMILES string of the molecule is CCn1c(CN(C)CCOc2ccc(OC)cc2)nc2cc(S(=O)(=O)N(C)C)ccc21. The number of likely N-dealkylation sites (N-methyl/N-ethyl adjacent to an activating group) is 1. The van der Waals surface area contributed by atoms with Crippen molar-refractivity contribution < 1.29 is 17.9 Å². The van der Waals surface area contributed by atoms with Gasteiger partial charge >= 0.3 is 0 Å². The number of aryl methyl sites for hydroxylation is 1. The summed E-state index contributed by atoms with van der Waals surface area (Å²) in [5, 5.41) is 0. The minimum atomic E-state index is -3.50. The van der Waals surface area contributed by atoms with E-state index in [0.29, 0.717) is 18.7 Å². The first kappa shape index (κ1) is 23.1. The summed E-state index contributed by atoms with van der Waals surface area (Å²) in [5.74, 6) is 2.48. The van der Waals surface area contributed by atoms with Crippen molar-refractivity contribution in [1.82, 2.24) is 18.8 Å². The molecule has 0 N–H and O–H groups in total. The Morgan fingerprint density at radius 1 is 1.03 bits per heavy atom. The number of imidazole rings is 1. The zero-order valence-electron chi connectivity index (χ0n) is 18.7. The number of fused-ring (bicyclic) bond motifs is 1. The van der Waals surface area contributed by atoms with Crippen LogP contribution in [0.4, 0.5) is 0 Å². The van der Waals surface area contributed by atoms with Crippen LogP contribution in [0.5, 0.6) is 11.5 Å². The first-order valence-corrected chi connectivity index (χ1v) is 11.6. The van der Waals surface area contributed by atoms with Gasteiger partial charge in [-0.3, -0.25) is 4.90 Å². The van der Waals surface area contributed by atoms with Crippen molar-refractivity contribution in [2.75, 3.05) is 41.4 Å². The summed E-state index contributed by atoms with van der Waals surface area (Å²) in [6.07, 6.45) is 0. The van der Waals surface area contributed by atoms with Crippen molar-refractivity contribution in [3.8, 4) is 11.5 Å². The lowest BCUT2D eigenvalue weighted by molar-refractivity contribution is 0.228. The van der Waals surface area contributed by atoms with E-state index in [1.54, 1.807) is 19.2 Å². The Hall–Kier alpha value is -2.62. The zero-order chi connectivity index (χ0) is 22.6. The Labute approximate surface area is 184 Å². The molecule has 3 rings (SSSR count). The average molecular weight is 447 g/mol. The van der Waals surface area contributed by atoms with E-state index in [1.165, 1.54) is 18.4 Å². The second kappa shape index (κ2) is 9.67. The van der Waals surface area contributed by atoms with Crippen molar-refractivity contribution in [1.29, 1.82) is 0 Å². The van der Waals surface area contributed by atoms with E-state index in [9.17, 15) is 8.42 Å². The van der Waals surface area contributed by atoms with Crippen molar-refractivity contribution in [2.45, 2.75) is 24.9 Å². The molecule has 31 heavy (non-hydrogen) atoms. The number of aromatic nitrogens is 2. The van der Waals surface area contributed by atoms with Crippen molar-refractivity contribution in [3.05, 3.63) is 48.3 Å². The van der Waals surface area contributed by atoms with E-state index >= 15 is 0 Å². The lowest BCUT2D eigenvalue weighted by Crippen LogP contribution is -2.25. The minimum Gasteiger partial charge on any atom is -0.497 e. The van der Waals surface area contributed by atoms with Crippen LogP contribution in [0.15, 0.2) is 47.4 Å². The summed E-state index contributed by atoms with van der Waals surface area (Å²) in [7, 11) is 3.21. The Bertz CT molecular complexity index is 1120. The number of rotatable bonds is 10. The molecule has 0 fully saturated rings. The molecule has 0 atom stereocenters. The van der Waals surface area contributed by atoms with Crippen LogP contribution in [-0.4, -0.2) is 68.6 Å². The highest BCUT2D eigenvalue weighted by molar-refractivity contribution is 7.89. The highest BCUT2D eigenvalue weighted by atomic mass is 32.2. The third-order valence-corrected chi connectivity index (χ3v) is 6.92. The topological polar surface area (TPSA) is 76.9 Å². The van der Waals surface area contributed by atoms with E-state index in [4.69, 9.17) is 14.5 Å². The zero-order valence-corrected chi connectivity index (χ0v) is 19.5. The summed E-state index contributed by atoms with van der Waals surface area (Å²) in [5.41, 5.74) is 1.61. The molecule has 2 aromatic carbocycles. The Kier molecular flexibility index (Phi) is 7.19. The fourth-order valence-electron chi connectivity index (χ4n) is 3.32. The van der Waals surface area contributed by atoms with Gasteiger partial charge in [0.2, 0.25) is 10.0 Å². The molecule has 0 amide bonds. The second-order valence-corrected chi connectivity index (χ2v) is 9.62. The molecule has 1 aromatic heterocycles. The quantitative estimate of drug-likeness (QED) is 0.477. The highest BCUT2D eigenvalue weighted by Gasteiger charge is 2.19. The van der Waals surface area contributed by atoms with Gasteiger partial charge in [-0.25, -0.2) is 17.7 Å². The normalized spacial score (nSPS) is 12.1. The Balaban J connectivity index is 1.69. The van der Waals surface area contributed by atoms with Crippen LogP contribution in [0.25, 0.3) is 11.0 Å². The first-order valence-electron chi connectivity index (χ1n) is 10.1. The van der Waals surface area contributed by atoms with Gasteiger partial charge in [-0.05, 0) is 56.4 Å². The third kappa shape index (κ3) is 5.17. The molecule has 0 saturated heterocycles. The van der Waals surface area contributed by atoms with Crippen LogP contribution in [0.1, 0.15) is 12.7 Å². The van der Waals surface area contributed by atoms with E-state index < -0.39 is 10.0 Å². The van der Waals surface area contributed by atoms with Crippen molar-refractivity contribution in [2.24, 2.45) is 0 Å². The van der Waals surface area contributed by atoms with Crippen LogP contribution in [0.2, 0.25) is 0 Å². The van der Waals surface area contributed by atoms with E-state index in [-0.39, 0.29) is 4.90 Å². The maximum atomic E-state index is 12.4. The average Bonchev–Trinajstić information content (AvgIpc) is 3.10. The van der Waals surface area contributed by atoms with Gasteiger partial charge < -0.3 is 14.0 Å². The van der Waals surface area contributed by atoms with Gasteiger partial charge in [-0.15, -0.1) is 0 Å². The molecule has 0 saturated carbocycles. The fourth-order valence-corrected chi connectivity index (χ4v) is 4.24. The van der Waals surface area contributed by atoms with Gasteiger partial charge in [-0.2, -0.15) is 0 Å². The summed E-state index contributed by atoms with van der Waals surface area (Å²) >= 11 is 0. The van der Waals surface area contributed by atoms with Crippen LogP contribution < -0.4 is 9.47 Å². The summed E-state index contributed by atoms with van der Waals surface area (Å²) in [6.45, 7) is 4.70. The highest BCUT2D eigenvalue weighted by Crippen LogP contribution is 2.23. The lowest BCUT2D eigenvalue weighted by Gasteiger charge is -2.17. The molecule has 3 aromatic rings. The predicted molar refractivity (Wildman–Crippen MR) is 121 cm³/mol. The number of nitrogens with zero attached hydrogens (tertiary/aromatic N) is 4. The number of methoxy groups -OCH3 is 1. The minimum absolute atomic E-state index is 0.249. The molecule has 0 radical (unpaired) electrons. The monoisotopic (exact) mass is 446 g/mol. The lowest BCUT2D eigenvalue weighted by atomic mass is 10.3. The molecule has 0 bridgehead atoms. The molecular weight excluding hydrogens is 416 g/mol. The number of sulfonamides is 1. The molecule has 0 aliphatic carbocycles. The van der Waals surface area contributed by atoms with Gasteiger partial charge in [-0.1, -0.05) is 0 Å². The van der Waals surface area contributed by atoms with Crippen LogP contribution in [0, 0.1) is 0 Å². The smallest absolute Gasteiger partial charge is 0.242 e. The molecule has 8 nitrogen and oxygen atoms in total. The molecule has 0 spiro atoms. The molecule has 9 heteroatoms. The molecular formula is C22H30N4O4S. The van der Waals surface area contributed by atoms with E-state index in [1.807, 2.05) is 37.4 Å².